The van der Waals surface area contributed by atoms with Crippen molar-refractivity contribution in [2.24, 2.45) is 0 Å². The summed E-state index contributed by atoms with van der Waals surface area (Å²) in [5.41, 5.74) is 0.624. The van der Waals surface area contributed by atoms with Gasteiger partial charge in [0.05, 0.1) is 12.8 Å². The summed E-state index contributed by atoms with van der Waals surface area (Å²) in [6.07, 6.45) is 2.62. The van der Waals surface area contributed by atoms with E-state index in [2.05, 4.69) is 21.8 Å². The standard InChI is InChI=1S/C16H25N5O2/c1-2-18-5-7-19(8-6-18)13-11-20(12-13)15(22)14-10-17-21-4-3-9-23-16(14)21/h10,13H,2-9,11-12H2,1H3. The number of nitrogens with zero attached hydrogens (tertiary/aromatic N) is 5. The Kier molecular flexibility index (Phi) is 3.98. The summed E-state index contributed by atoms with van der Waals surface area (Å²) < 4.78 is 7.44. The van der Waals surface area contributed by atoms with Crippen LogP contribution in [0.4, 0.5) is 0 Å². The highest BCUT2D eigenvalue weighted by Crippen LogP contribution is 2.26. The fraction of sp³-hybridized carbons (Fsp3) is 0.750. The van der Waals surface area contributed by atoms with Crippen molar-refractivity contribution in [2.45, 2.75) is 25.9 Å². The van der Waals surface area contributed by atoms with Gasteiger partial charge in [-0.2, -0.15) is 5.10 Å². The van der Waals surface area contributed by atoms with Crippen LogP contribution in [0, 0.1) is 0 Å². The number of aryl methyl sites for hydroxylation is 1. The topological polar surface area (TPSA) is 53.8 Å². The number of hydrogen-bond donors (Lipinski definition) is 0. The number of carbonyl (C=O) groups is 1. The molecule has 4 heterocycles. The molecule has 0 unspecified atom stereocenters. The van der Waals surface area contributed by atoms with E-state index in [1.54, 1.807) is 10.9 Å². The summed E-state index contributed by atoms with van der Waals surface area (Å²) in [4.78, 5) is 19.6. The van der Waals surface area contributed by atoms with E-state index in [1.165, 1.54) is 0 Å². The van der Waals surface area contributed by atoms with Crippen LogP contribution < -0.4 is 4.74 Å². The van der Waals surface area contributed by atoms with Crippen LogP contribution in [0.5, 0.6) is 5.88 Å². The number of likely N-dealkylation sites (tertiary alicyclic amines) is 1. The highest BCUT2D eigenvalue weighted by Gasteiger charge is 2.38. The molecular weight excluding hydrogens is 294 g/mol. The predicted octanol–water partition coefficient (Wildman–Crippen LogP) is 0.128. The van der Waals surface area contributed by atoms with E-state index in [0.717, 1.165) is 58.8 Å². The molecule has 3 aliphatic rings. The number of amides is 1. The van der Waals surface area contributed by atoms with Gasteiger partial charge in [-0.1, -0.05) is 6.92 Å². The normalized spacial score (nSPS) is 23.3. The predicted molar refractivity (Wildman–Crippen MR) is 85.7 cm³/mol. The Morgan fingerprint density at radius 1 is 1.26 bits per heavy atom. The van der Waals surface area contributed by atoms with Crippen LogP contribution >= 0.6 is 0 Å². The fourth-order valence-electron chi connectivity index (χ4n) is 3.68. The molecule has 0 spiro atoms. The molecule has 7 heteroatoms. The van der Waals surface area contributed by atoms with E-state index in [9.17, 15) is 4.79 Å². The van der Waals surface area contributed by atoms with E-state index >= 15 is 0 Å². The van der Waals surface area contributed by atoms with Crippen molar-refractivity contribution in [3.8, 4) is 5.88 Å². The second-order valence-electron chi connectivity index (χ2n) is 6.62. The minimum atomic E-state index is 0.0663. The maximum absolute atomic E-state index is 12.7. The zero-order valence-corrected chi connectivity index (χ0v) is 13.8. The van der Waals surface area contributed by atoms with E-state index < -0.39 is 0 Å². The molecule has 126 valence electrons. The first-order chi connectivity index (χ1) is 11.3. The lowest BCUT2D eigenvalue weighted by molar-refractivity contribution is 0.00813. The van der Waals surface area contributed by atoms with Gasteiger partial charge in [-0.3, -0.25) is 9.69 Å². The molecule has 1 aromatic heterocycles. The first kappa shape index (κ1) is 15.0. The number of aromatic nitrogens is 2. The molecule has 7 nitrogen and oxygen atoms in total. The Balaban J connectivity index is 1.33. The van der Waals surface area contributed by atoms with Crippen LogP contribution in [0.2, 0.25) is 0 Å². The SMILES string of the molecule is CCN1CCN(C2CN(C(=O)c3cnn4c3OCCC4)C2)CC1. The molecule has 3 aliphatic heterocycles. The number of fused-ring (bicyclic) bond motifs is 1. The molecule has 1 amide bonds. The minimum Gasteiger partial charge on any atom is -0.477 e. The van der Waals surface area contributed by atoms with Crippen LogP contribution in [0.25, 0.3) is 0 Å². The van der Waals surface area contributed by atoms with Gasteiger partial charge in [0.15, 0.2) is 0 Å². The average Bonchev–Trinajstić information content (AvgIpc) is 2.98. The van der Waals surface area contributed by atoms with Crippen molar-refractivity contribution in [3.63, 3.8) is 0 Å². The van der Waals surface area contributed by atoms with Crippen LogP contribution in [-0.4, -0.2) is 88.8 Å². The smallest absolute Gasteiger partial charge is 0.261 e. The van der Waals surface area contributed by atoms with E-state index in [4.69, 9.17) is 4.74 Å². The van der Waals surface area contributed by atoms with Gasteiger partial charge in [0.1, 0.15) is 5.56 Å². The zero-order chi connectivity index (χ0) is 15.8. The summed E-state index contributed by atoms with van der Waals surface area (Å²) in [6, 6.07) is 0.519. The molecule has 4 rings (SSSR count). The molecule has 0 aromatic carbocycles. The number of likely N-dealkylation sites (N-methyl/N-ethyl adjacent to an activating group) is 1. The maximum atomic E-state index is 12.7. The molecule has 2 fully saturated rings. The van der Waals surface area contributed by atoms with E-state index in [0.29, 0.717) is 24.1 Å². The van der Waals surface area contributed by atoms with Crippen molar-refractivity contribution in [1.82, 2.24) is 24.5 Å². The first-order valence-corrected chi connectivity index (χ1v) is 8.70. The van der Waals surface area contributed by atoms with Gasteiger partial charge in [0, 0.05) is 58.3 Å². The lowest BCUT2D eigenvalue weighted by Gasteiger charge is -2.48. The highest BCUT2D eigenvalue weighted by atomic mass is 16.5. The lowest BCUT2D eigenvalue weighted by atomic mass is 10.0. The summed E-state index contributed by atoms with van der Waals surface area (Å²) >= 11 is 0. The van der Waals surface area contributed by atoms with Gasteiger partial charge >= 0.3 is 0 Å². The number of ether oxygens (including phenoxy) is 1. The first-order valence-electron chi connectivity index (χ1n) is 8.70. The van der Waals surface area contributed by atoms with Gasteiger partial charge in [-0.15, -0.1) is 0 Å². The third-order valence-electron chi connectivity index (χ3n) is 5.29. The third kappa shape index (κ3) is 2.72. The molecule has 0 saturated carbocycles. The number of rotatable bonds is 3. The van der Waals surface area contributed by atoms with Gasteiger partial charge in [0.2, 0.25) is 5.88 Å². The molecule has 2 saturated heterocycles. The van der Waals surface area contributed by atoms with Crippen LogP contribution in [-0.2, 0) is 6.54 Å². The number of carbonyl (C=O) groups excluding carboxylic acids is 1. The molecular formula is C16H25N5O2. The Labute approximate surface area is 136 Å². The number of piperazine rings is 1. The van der Waals surface area contributed by atoms with Gasteiger partial charge in [0.25, 0.3) is 5.91 Å². The molecule has 0 aliphatic carbocycles. The monoisotopic (exact) mass is 319 g/mol. The average molecular weight is 319 g/mol. The summed E-state index contributed by atoms with van der Waals surface area (Å²) in [5, 5.41) is 4.27. The Morgan fingerprint density at radius 3 is 2.78 bits per heavy atom. The summed E-state index contributed by atoms with van der Waals surface area (Å²) in [7, 11) is 0. The second-order valence-corrected chi connectivity index (χ2v) is 6.62. The van der Waals surface area contributed by atoms with E-state index in [-0.39, 0.29) is 5.91 Å². The van der Waals surface area contributed by atoms with Gasteiger partial charge in [-0.25, -0.2) is 4.68 Å². The van der Waals surface area contributed by atoms with E-state index in [1.807, 2.05) is 4.90 Å². The largest absolute Gasteiger partial charge is 0.477 e. The fourth-order valence-corrected chi connectivity index (χ4v) is 3.68. The van der Waals surface area contributed by atoms with Gasteiger partial charge < -0.3 is 14.5 Å². The number of hydrogen-bond acceptors (Lipinski definition) is 5. The highest BCUT2D eigenvalue weighted by molar-refractivity contribution is 5.96. The molecule has 0 atom stereocenters. The van der Waals surface area contributed by atoms with Crippen molar-refractivity contribution >= 4 is 5.91 Å². The van der Waals surface area contributed by atoms with Gasteiger partial charge in [-0.05, 0) is 6.54 Å². The van der Waals surface area contributed by atoms with Crippen molar-refractivity contribution < 1.29 is 9.53 Å². The Morgan fingerprint density at radius 2 is 2.04 bits per heavy atom. The second kappa shape index (κ2) is 6.13. The molecule has 23 heavy (non-hydrogen) atoms. The quantitative estimate of drug-likeness (QED) is 0.792. The Bertz CT molecular complexity index is 573. The molecule has 0 radical (unpaired) electrons. The Hall–Kier alpha value is -1.60. The zero-order valence-electron chi connectivity index (χ0n) is 13.8. The van der Waals surface area contributed by atoms with Crippen molar-refractivity contribution in [3.05, 3.63) is 11.8 Å². The van der Waals surface area contributed by atoms with Crippen molar-refractivity contribution in [1.29, 1.82) is 0 Å². The summed E-state index contributed by atoms with van der Waals surface area (Å²) in [5.74, 6) is 0.720. The molecule has 0 bridgehead atoms. The lowest BCUT2D eigenvalue weighted by Crippen LogP contribution is -2.64. The molecule has 0 N–H and O–H groups in total. The minimum absolute atomic E-state index is 0.0663. The maximum Gasteiger partial charge on any atom is 0.261 e. The van der Waals surface area contributed by atoms with Crippen LogP contribution in [0.15, 0.2) is 6.20 Å². The summed E-state index contributed by atoms with van der Waals surface area (Å²) in [6.45, 7) is 11.1. The third-order valence-corrected chi connectivity index (χ3v) is 5.29. The molecule has 1 aromatic rings. The van der Waals surface area contributed by atoms with Crippen LogP contribution in [0.1, 0.15) is 23.7 Å². The van der Waals surface area contributed by atoms with Crippen molar-refractivity contribution in [2.75, 3.05) is 52.4 Å². The van der Waals surface area contributed by atoms with Crippen LogP contribution in [0.3, 0.4) is 0 Å².